The van der Waals surface area contributed by atoms with E-state index in [-0.39, 0.29) is 11.8 Å². The molecule has 1 aliphatic carbocycles. The minimum atomic E-state index is 0.0590. The largest absolute Gasteiger partial charge is 0.310 e. The van der Waals surface area contributed by atoms with Crippen LogP contribution in [0.5, 0.6) is 0 Å². The number of carbonyl (C=O) groups is 1. The summed E-state index contributed by atoms with van der Waals surface area (Å²) < 4.78 is 0. The molecule has 2 aromatic heterocycles. The zero-order valence-electron chi connectivity index (χ0n) is 17.3. The van der Waals surface area contributed by atoms with Gasteiger partial charge in [-0.1, -0.05) is 25.8 Å². The van der Waals surface area contributed by atoms with E-state index in [0.717, 1.165) is 47.0 Å². The fraction of sp³-hybridized carbons (Fsp3) is 0.478. The first kappa shape index (κ1) is 20.2. The summed E-state index contributed by atoms with van der Waals surface area (Å²) in [5, 5.41) is 3.83. The van der Waals surface area contributed by atoms with Crippen LogP contribution in [0, 0.1) is 5.92 Å². The first-order chi connectivity index (χ1) is 13.5. The monoisotopic (exact) mass is 378 g/mol. The van der Waals surface area contributed by atoms with Crippen LogP contribution in [0.3, 0.4) is 0 Å². The molecule has 1 N–H and O–H groups in total. The number of nitrogens with one attached hydrogen (secondary N) is 1. The Morgan fingerprint density at radius 2 is 2.11 bits per heavy atom. The lowest BCUT2D eigenvalue weighted by molar-refractivity contribution is -0.117. The van der Waals surface area contributed by atoms with Gasteiger partial charge in [0.25, 0.3) is 0 Å². The second kappa shape index (κ2) is 9.09. The van der Waals surface area contributed by atoms with Crippen molar-refractivity contribution in [3.8, 4) is 0 Å². The van der Waals surface area contributed by atoms with Crippen LogP contribution in [0.25, 0.3) is 16.5 Å². The number of allylic oxidation sites excluding steroid dienone is 2. The first-order valence-corrected chi connectivity index (χ1v) is 10.3. The second-order valence-electron chi connectivity index (χ2n) is 7.66. The van der Waals surface area contributed by atoms with E-state index in [4.69, 9.17) is 4.99 Å². The average molecular weight is 379 g/mol. The van der Waals surface area contributed by atoms with Crippen molar-refractivity contribution >= 4 is 33.9 Å². The number of rotatable bonds is 8. The standard InChI is InChI=1S/C23H30N4O/c1-5-7-8-15(3)26-16(4)20(6-2)18-11-19-14-25-22(12-21(19)24-13-18)27-23(28)17-9-10-17/h6,11-15,17H,5,7-10H2,1-4H3,(H,25,27,28)/b20-6+,26-16?. The van der Waals surface area contributed by atoms with Crippen LogP contribution in [0.4, 0.5) is 5.82 Å². The smallest absolute Gasteiger partial charge is 0.228 e. The van der Waals surface area contributed by atoms with Gasteiger partial charge in [-0.2, -0.15) is 0 Å². The van der Waals surface area contributed by atoms with Crippen molar-refractivity contribution in [3.05, 3.63) is 36.2 Å². The van der Waals surface area contributed by atoms with Crippen molar-refractivity contribution in [1.29, 1.82) is 0 Å². The van der Waals surface area contributed by atoms with E-state index in [0.29, 0.717) is 11.9 Å². The van der Waals surface area contributed by atoms with Gasteiger partial charge in [-0.05, 0) is 51.7 Å². The molecule has 0 aromatic carbocycles. The van der Waals surface area contributed by atoms with Gasteiger partial charge in [-0.15, -0.1) is 0 Å². The third-order valence-electron chi connectivity index (χ3n) is 5.14. The first-order valence-electron chi connectivity index (χ1n) is 10.3. The number of anilines is 1. The zero-order chi connectivity index (χ0) is 20.1. The minimum absolute atomic E-state index is 0.0590. The number of unbranched alkanes of at least 4 members (excludes halogenated alkanes) is 1. The molecule has 0 bridgehead atoms. The number of carbonyl (C=O) groups excluding carboxylic acids is 1. The van der Waals surface area contributed by atoms with Crippen LogP contribution in [-0.4, -0.2) is 27.6 Å². The third-order valence-corrected chi connectivity index (χ3v) is 5.14. The van der Waals surface area contributed by atoms with Crippen molar-refractivity contribution in [3.63, 3.8) is 0 Å². The molecule has 0 aliphatic heterocycles. The van der Waals surface area contributed by atoms with Gasteiger partial charge in [0.05, 0.1) is 5.52 Å². The van der Waals surface area contributed by atoms with Gasteiger partial charge in [0.1, 0.15) is 5.82 Å². The number of nitrogens with zero attached hydrogens (tertiary/aromatic N) is 3. The maximum atomic E-state index is 11.9. The van der Waals surface area contributed by atoms with Crippen molar-refractivity contribution in [2.24, 2.45) is 10.9 Å². The molecule has 0 spiro atoms. The molecule has 1 saturated carbocycles. The van der Waals surface area contributed by atoms with Gasteiger partial charge in [0.15, 0.2) is 0 Å². The highest BCUT2D eigenvalue weighted by Crippen LogP contribution is 2.30. The van der Waals surface area contributed by atoms with Gasteiger partial charge in [-0.25, -0.2) is 4.98 Å². The molecule has 1 amide bonds. The number of fused-ring (bicyclic) bond motifs is 1. The summed E-state index contributed by atoms with van der Waals surface area (Å²) in [5.74, 6) is 0.786. The normalized spacial score (nSPS) is 16.3. The number of aromatic nitrogens is 2. The van der Waals surface area contributed by atoms with Gasteiger partial charge in [0, 0.05) is 47.1 Å². The number of hydrogen-bond donors (Lipinski definition) is 1. The Kier molecular flexibility index (Phi) is 6.55. The molecule has 5 nitrogen and oxygen atoms in total. The molecule has 1 unspecified atom stereocenters. The highest BCUT2D eigenvalue weighted by molar-refractivity contribution is 6.23. The molecule has 0 saturated heterocycles. The van der Waals surface area contributed by atoms with Crippen molar-refractivity contribution in [2.75, 3.05) is 5.32 Å². The summed E-state index contributed by atoms with van der Waals surface area (Å²) in [6, 6.07) is 4.25. The maximum absolute atomic E-state index is 11.9. The number of pyridine rings is 2. The average Bonchev–Trinajstić information content (AvgIpc) is 3.52. The summed E-state index contributed by atoms with van der Waals surface area (Å²) in [4.78, 5) is 25.8. The highest BCUT2D eigenvalue weighted by atomic mass is 16.2. The Morgan fingerprint density at radius 3 is 2.79 bits per heavy atom. The molecule has 148 valence electrons. The molecule has 2 heterocycles. The lowest BCUT2D eigenvalue weighted by Gasteiger charge is -2.12. The Morgan fingerprint density at radius 1 is 1.32 bits per heavy atom. The Balaban J connectivity index is 1.79. The molecule has 2 aromatic rings. The van der Waals surface area contributed by atoms with Crippen molar-refractivity contribution in [1.82, 2.24) is 9.97 Å². The fourth-order valence-electron chi connectivity index (χ4n) is 3.36. The van der Waals surface area contributed by atoms with Crippen LogP contribution in [-0.2, 0) is 4.79 Å². The summed E-state index contributed by atoms with van der Waals surface area (Å²) in [5.41, 5.74) is 4.00. The van der Waals surface area contributed by atoms with Gasteiger partial charge < -0.3 is 5.32 Å². The Labute approximate surface area is 167 Å². The summed E-state index contributed by atoms with van der Waals surface area (Å²) >= 11 is 0. The van der Waals surface area contributed by atoms with Gasteiger partial charge in [0.2, 0.25) is 5.91 Å². The van der Waals surface area contributed by atoms with E-state index in [1.54, 1.807) is 6.20 Å². The molecule has 28 heavy (non-hydrogen) atoms. The zero-order valence-corrected chi connectivity index (χ0v) is 17.3. The molecule has 5 heteroatoms. The van der Waals surface area contributed by atoms with E-state index in [1.807, 2.05) is 19.2 Å². The molecular formula is C23H30N4O. The molecule has 3 rings (SSSR count). The predicted molar refractivity (Wildman–Crippen MR) is 117 cm³/mol. The molecule has 0 radical (unpaired) electrons. The Bertz CT molecular complexity index is 912. The van der Waals surface area contributed by atoms with Gasteiger partial charge >= 0.3 is 0 Å². The molecule has 1 fully saturated rings. The topological polar surface area (TPSA) is 67.2 Å². The van der Waals surface area contributed by atoms with E-state index in [2.05, 4.69) is 48.2 Å². The fourth-order valence-corrected chi connectivity index (χ4v) is 3.36. The summed E-state index contributed by atoms with van der Waals surface area (Å²) in [6.45, 7) is 8.48. The van der Waals surface area contributed by atoms with Crippen molar-refractivity contribution in [2.45, 2.75) is 65.8 Å². The number of amides is 1. The van der Waals surface area contributed by atoms with Crippen LogP contribution in [0.1, 0.15) is 65.4 Å². The molecular weight excluding hydrogens is 348 g/mol. The van der Waals surface area contributed by atoms with Crippen LogP contribution >= 0.6 is 0 Å². The lowest BCUT2D eigenvalue weighted by atomic mass is 10.0. The van der Waals surface area contributed by atoms with E-state index >= 15 is 0 Å². The summed E-state index contributed by atoms with van der Waals surface area (Å²) in [6.07, 6.45) is 11.2. The van der Waals surface area contributed by atoms with E-state index in [9.17, 15) is 4.79 Å². The predicted octanol–water partition coefficient (Wildman–Crippen LogP) is 5.42. The van der Waals surface area contributed by atoms with Crippen LogP contribution < -0.4 is 5.32 Å². The second-order valence-corrected chi connectivity index (χ2v) is 7.66. The number of aliphatic imine (C=N–C) groups is 1. The maximum Gasteiger partial charge on any atom is 0.228 e. The Hall–Kier alpha value is -2.56. The lowest BCUT2D eigenvalue weighted by Crippen LogP contribution is -2.14. The summed E-state index contributed by atoms with van der Waals surface area (Å²) in [7, 11) is 0. The van der Waals surface area contributed by atoms with E-state index < -0.39 is 0 Å². The number of hydrogen-bond acceptors (Lipinski definition) is 4. The van der Waals surface area contributed by atoms with Crippen molar-refractivity contribution < 1.29 is 4.79 Å². The third kappa shape index (κ3) is 5.03. The SMILES string of the molecule is C/C=C(\C(C)=NC(C)CCCC)c1cnc2cc(NC(=O)C3CC3)ncc2c1. The van der Waals surface area contributed by atoms with Crippen LogP contribution in [0.2, 0.25) is 0 Å². The molecule has 1 aliphatic rings. The van der Waals surface area contributed by atoms with Crippen LogP contribution in [0.15, 0.2) is 35.6 Å². The van der Waals surface area contributed by atoms with E-state index in [1.165, 1.54) is 12.8 Å². The molecule has 1 atom stereocenters. The minimum Gasteiger partial charge on any atom is -0.310 e. The van der Waals surface area contributed by atoms with Gasteiger partial charge in [-0.3, -0.25) is 14.8 Å². The quantitative estimate of drug-likeness (QED) is 0.624. The highest BCUT2D eigenvalue weighted by Gasteiger charge is 2.29.